The minimum Gasteiger partial charge on any atom is -0.0829 e. The predicted octanol–water partition coefficient (Wildman–Crippen LogP) is 2.93. The highest BCUT2D eigenvalue weighted by atomic mass is 35.5. The highest BCUT2D eigenvalue weighted by molar-refractivity contribution is 6.36. The van der Waals surface area contributed by atoms with Crippen molar-refractivity contribution < 1.29 is 0 Å². The van der Waals surface area contributed by atoms with Gasteiger partial charge < -0.3 is 0 Å². The topological polar surface area (TPSA) is 0 Å². The fourth-order valence-electron chi connectivity index (χ4n) is 0.617. The Morgan fingerprint density at radius 1 is 1.20 bits per heavy atom. The second-order valence-corrected chi connectivity index (χ2v) is 2.54. The maximum Gasteiger partial charge on any atom is 0.0628 e. The Labute approximate surface area is 69.8 Å². The number of hydrogen-bond acceptors (Lipinski definition) is 0. The monoisotopic (exact) mass is 169 g/mol. The molecule has 1 rings (SSSR count). The van der Waals surface area contributed by atoms with Gasteiger partial charge in [-0.05, 0) is 24.5 Å². The van der Waals surface area contributed by atoms with Crippen molar-refractivity contribution in [2.75, 3.05) is 0 Å². The van der Waals surface area contributed by atoms with Crippen molar-refractivity contribution in [3.63, 3.8) is 0 Å². The largest absolute Gasteiger partial charge is 0.0829 e. The first kappa shape index (κ1) is 7.47. The van der Waals surface area contributed by atoms with Crippen molar-refractivity contribution >= 4 is 23.2 Å². The Morgan fingerprint density at radius 2 is 1.70 bits per heavy atom. The quantitative estimate of drug-likeness (QED) is 0.525. The second kappa shape index (κ2) is 2.96. The zero-order valence-electron chi connectivity index (χ0n) is 4.99. The summed E-state index contributed by atoms with van der Waals surface area (Å²) in [4.78, 5) is 0. The molecule has 0 aromatic heterocycles. The first-order valence-electron chi connectivity index (χ1n) is 2.62. The normalized spacial score (nSPS) is 8.90. The lowest BCUT2D eigenvalue weighted by Crippen LogP contribution is -1.76. The second-order valence-electron chi connectivity index (χ2n) is 1.72. The molecule has 0 nitrogen and oxygen atoms in total. The van der Waals surface area contributed by atoms with E-state index in [9.17, 15) is 0 Å². The summed E-state index contributed by atoms with van der Waals surface area (Å²) in [6.07, 6.45) is 6.81. The summed E-state index contributed by atoms with van der Waals surface area (Å²) in [5.41, 5.74) is 0.450. The Balaban J connectivity index is 3.34. The van der Waals surface area contributed by atoms with Crippen LogP contribution in [-0.2, 0) is 0 Å². The Morgan fingerprint density at radius 3 is 2.00 bits per heavy atom. The molecule has 0 unspecified atom stereocenters. The van der Waals surface area contributed by atoms with Crippen LogP contribution in [0.3, 0.4) is 0 Å². The van der Waals surface area contributed by atoms with E-state index in [-0.39, 0.29) is 0 Å². The molecule has 0 aliphatic rings. The van der Waals surface area contributed by atoms with Gasteiger partial charge in [-0.2, -0.15) is 0 Å². The lowest BCUT2D eigenvalue weighted by atomic mass is 10.2. The average Bonchev–Trinajstić information content (AvgIpc) is 1.88. The molecule has 0 N–H and O–H groups in total. The number of hydrogen-bond donors (Lipinski definition) is 0. The van der Waals surface area contributed by atoms with Crippen molar-refractivity contribution in [2.24, 2.45) is 0 Å². The van der Waals surface area contributed by atoms with Crippen LogP contribution in [0.5, 0.6) is 0 Å². The minimum atomic E-state index is 0.450. The molecule has 0 heterocycles. The summed E-state index contributed by atoms with van der Waals surface area (Å²) < 4.78 is 0. The van der Waals surface area contributed by atoms with Crippen LogP contribution in [0, 0.1) is 12.3 Å². The molecule has 0 saturated carbocycles. The highest BCUT2D eigenvalue weighted by Crippen LogP contribution is 2.22. The van der Waals surface area contributed by atoms with E-state index in [1.54, 1.807) is 18.2 Å². The van der Waals surface area contributed by atoms with Gasteiger partial charge in [-0.15, -0.1) is 0 Å². The third-order valence-corrected chi connectivity index (χ3v) is 1.72. The summed E-state index contributed by atoms with van der Waals surface area (Å²) >= 11 is 11.3. The van der Waals surface area contributed by atoms with Crippen LogP contribution in [0.25, 0.3) is 0 Å². The average molecular weight is 170 g/mol. The van der Waals surface area contributed by atoms with E-state index in [0.29, 0.717) is 15.6 Å². The van der Waals surface area contributed by atoms with Crippen molar-refractivity contribution in [3.05, 3.63) is 40.2 Å². The Kier molecular flexibility index (Phi) is 2.21. The van der Waals surface area contributed by atoms with Crippen molar-refractivity contribution in [2.45, 2.75) is 0 Å². The standard InChI is InChI=1S/C8H3Cl2/c1-2-6-7(9)4-3-5-8(6)10/h3-5H. The van der Waals surface area contributed by atoms with Gasteiger partial charge in [0.05, 0.1) is 15.6 Å². The molecule has 10 heavy (non-hydrogen) atoms. The first-order valence-corrected chi connectivity index (χ1v) is 3.38. The lowest BCUT2D eigenvalue weighted by molar-refractivity contribution is 1.64. The van der Waals surface area contributed by atoms with Crippen LogP contribution < -0.4 is 0 Å². The zero-order chi connectivity index (χ0) is 7.56. The van der Waals surface area contributed by atoms with E-state index in [4.69, 9.17) is 29.6 Å². The van der Waals surface area contributed by atoms with E-state index in [1.807, 2.05) is 0 Å². The molecular formula is C8H3Cl2. The molecule has 0 saturated heterocycles. The van der Waals surface area contributed by atoms with Gasteiger partial charge in [-0.1, -0.05) is 29.3 Å². The molecule has 0 fully saturated rings. The molecule has 0 spiro atoms. The molecular weight excluding hydrogens is 167 g/mol. The van der Waals surface area contributed by atoms with E-state index >= 15 is 0 Å². The molecule has 0 bridgehead atoms. The molecule has 1 aromatic carbocycles. The molecule has 0 atom stereocenters. The predicted molar refractivity (Wildman–Crippen MR) is 42.7 cm³/mol. The van der Waals surface area contributed by atoms with E-state index in [0.717, 1.165) is 0 Å². The van der Waals surface area contributed by atoms with Crippen LogP contribution >= 0.6 is 23.2 Å². The molecule has 1 aromatic rings. The third kappa shape index (κ3) is 1.26. The van der Waals surface area contributed by atoms with Gasteiger partial charge in [0.1, 0.15) is 0 Å². The highest BCUT2D eigenvalue weighted by Gasteiger charge is 1.99. The zero-order valence-corrected chi connectivity index (χ0v) is 6.50. The number of halogens is 2. The van der Waals surface area contributed by atoms with Gasteiger partial charge in [0.25, 0.3) is 0 Å². The molecule has 0 aliphatic carbocycles. The smallest absolute Gasteiger partial charge is 0.0628 e. The third-order valence-electron chi connectivity index (χ3n) is 1.09. The van der Waals surface area contributed by atoms with Crippen LogP contribution in [0.2, 0.25) is 10.0 Å². The lowest BCUT2D eigenvalue weighted by Gasteiger charge is -1.95. The van der Waals surface area contributed by atoms with Gasteiger partial charge in [0.2, 0.25) is 0 Å². The fraction of sp³-hybridized carbons (Fsp3) is 0. The van der Waals surface area contributed by atoms with Crippen molar-refractivity contribution in [3.8, 4) is 5.92 Å². The van der Waals surface area contributed by atoms with Crippen LogP contribution in [0.1, 0.15) is 5.56 Å². The maximum atomic E-state index is 6.81. The molecule has 49 valence electrons. The number of rotatable bonds is 0. The van der Waals surface area contributed by atoms with Gasteiger partial charge in [-0.3, -0.25) is 0 Å². The van der Waals surface area contributed by atoms with Crippen molar-refractivity contribution in [1.29, 1.82) is 0 Å². The Bertz CT molecular complexity index is 264. The summed E-state index contributed by atoms with van der Waals surface area (Å²) in [5, 5.41) is 0.921. The summed E-state index contributed by atoms with van der Waals surface area (Å²) in [6.45, 7) is 0. The summed E-state index contributed by atoms with van der Waals surface area (Å²) in [7, 11) is 0. The fourth-order valence-corrected chi connectivity index (χ4v) is 1.11. The molecule has 2 heteroatoms. The minimum absolute atomic E-state index is 0.450. The van der Waals surface area contributed by atoms with Crippen LogP contribution in [0.15, 0.2) is 18.2 Å². The maximum absolute atomic E-state index is 6.81. The summed E-state index contributed by atoms with van der Waals surface area (Å²) in [5.74, 6) is 2.15. The summed E-state index contributed by atoms with van der Waals surface area (Å²) in [6, 6.07) is 5.07. The number of benzene rings is 1. The van der Waals surface area contributed by atoms with Gasteiger partial charge in [0.15, 0.2) is 0 Å². The van der Waals surface area contributed by atoms with Crippen LogP contribution in [-0.4, -0.2) is 0 Å². The van der Waals surface area contributed by atoms with E-state index < -0.39 is 0 Å². The first-order chi connectivity index (χ1) is 4.75. The Hall–Kier alpha value is -0.640. The van der Waals surface area contributed by atoms with Crippen molar-refractivity contribution in [1.82, 2.24) is 0 Å². The van der Waals surface area contributed by atoms with Gasteiger partial charge in [0, 0.05) is 0 Å². The molecule has 1 radical (unpaired) electrons. The van der Waals surface area contributed by atoms with Crippen LogP contribution in [0.4, 0.5) is 0 Å². The molecule has 0 amide bonds. The van der Waals surface area contributed by atoms with Gasteiger partial charge >= 0.3 is 0 Å². The molecule has 0 aliphatic heterocycles. The van der Waals surface area contributed by atoms with E-state index in [1.165, 1.54) is 0 Å². The SMILES string of the molecule is [C]#Cc1c(Cl)cccc1Cl. The van der Waals surface area contributed by atoms with Gasteiger partial charge in [-0.25, -0.2) is 0 Å². The van der Waals surface area contributed by atoms with E-state index in [2.05, 4.69) is 5.92 Å².